The maximum absolute atomic E-state index is 13.1. The van der Waals surface area contributed by atoms with Crippen LogP contribution in [-0.4, -0.2) is 34.4 Å². The molecule has 31 heavy (non-hydrogen) atoms. The summed E-state index contributed by atoms with van der Waals surface area (Å²) in [4.78, 5) is 40.4. The van der Waals surface area contributed by atoms with Crippen LogP contribution >= 0.6 is 0 Å². The van der Waals surface area contributed by atoms with Crippen molar-refractivity contribution in [3.8, 4) is 0 Å². The number of benzene rings is 1. The molecule has 164 valence electrons. The van der Waals surface area contributed by atoms with Crippen molar-refractivity contribution in [2.24, 2.45) is 7.05 Å². The van der Waals surface area contributed by atoms with Crippen LogP contribution in [0.1, 0.15) is 71.1 Å². The van der Waals surface area contributed by atoms with Gasteiger partial charge in [0.15, 0.2) is 0 Å². The van der Waals surface area contributed by atoms with E-state index in [9.17, 15) is 14.4 Å². The maximum Gasteiger partial charge on any atom is 0.263 e. The smallest absolute Gasteiger partial charge is 0.263 e. The van der Waals surface area contributed by atoms with E-state index >= 15 is 0 Å². The maximum atomic E-state index is 13.1. The van der Waals surface area contributed by atoms with Crippen LogP contribution in [0.25, 0.3) is 0 Å². The van der Waals surface area contributed by atoms with Crippen molar-refractivity contribution in [3.63, 3.8) is 0 Å². The first-order chi connectivity index (χ1) is 15.0. The van der Waals surface area contributed by atoms with Gasteiger partial charge in [-0.1, -0.05) is 37.6 Å². The summed E-state index contributed by atoms with van der Waals surface area (Å²) in [6, 6.07) is 8.41. The second-order valence-corrected chi connectivity index (χ2v) is 8.74. The Balaban J connectivity index is 1.50. The Hall–Kier alpha value is -2.89. The van der Waals surface area contributed by atoms with Gasteiger partial charge in [0.2, 0.25) is 5.91 Å². The molecule has 2 amide bonds. The molecule has 1 N–H and O–H groups in total. The zero-order valence-electron chi connectivity index (χ0n) is 18.4. The van der Waals surface area contributed by atoms with Crippen molar-refractivity contribution in [3.05, 3.63) is 68.6 Å². The standard InChI is InChI=1S/C25H31N3O3/c1-3-4-12-26-24(30)23-21-11-13-28(16-19(21)15-27(2)25(23)31)22(29)14-18-10-9-17-7-5-6-8-20(17)18/h5-8,15,18H,3-4,9-14,16H2,1-2H3,(H,26,30). The Labute approximate surface area is 183 Å². The van der Waals surface area contributed by atoms with Gasteiger partial charge >= 0.3 is 0 Å². The summed E-state index contributed by atoms with van der Waals surface area (Å²) in [7, 11) is 1.67. The number of nitrogens with one attached hydrogen (secondary N) is 1. The van der Waals surface area contributed by atoms with Gasteiger partial charge in [-0.05, 0) is 53.9 Å². The van der Waals surface area contributed by atoms with E-state index in [1.165, 1.54) is 15.7 Å². The van der Waals surface area contributed by atoms with Gasteiger partial charge in [0.1, 0.15) is 5.56 Å². The predicted octanol–water partition coefficient (Wildman–Crippen LogP) is 2.92. The summed E-state index contributed by atoms with van der Waals surface area (Å²) >= 11 is 0. The fourth-order valence-corrected chi connectivity index (χ4v) is 4.90. The third-order valence-electron chi connectivity index (χ3n) is 6.64. The molecule has 1 aromatic heterocycles. The van der Waals surface area contributed by atoms with Gasteiger partial charge in [0.05, 0.1) is 0 Å². The third-order valence-corrected chi connectivity index (χ3v) is 6.64. The van der Waals surface area contributed by atoms with E-state index in [0.717, 1.165) is 36.8 Å². The number of rotatable bonds is 6. The lowest BCUT2D eigenvalue weighted by Gasteiger charge is -2.31. The highest BCUT2D eigenvalue weighted by molar-refractivity contribution is 5.95. The molecule has 1 aromatic carbocycles. The lowest BCUT2D eigenvalue weighted by Crippen LogP contribution is -2.41. The van der Waals surface area contributed by atoms with E-state index in [0.29, 0.717) is 32.5 Å². The summed E-state index contributed by atoms with van der Waals surface area (Å²) in [5, 5.41) is 2.88. The number of nitrogens with zero attached hydrogens (tertiary/aromatic N) is 2. The molecule has 1 aliphatic carbocycles. The predicted molar refractivity (Wildman–Crippen MR) is 120 cm³/mol. The van der Waals surface area contributed by atoms with Gasteiger partial charge in [-0.25, -0.2) is 0 Å². The van der Waals surface area contributed by atoms with E-state index in [1.807, 2.05) is 11.0 Å². The van der Waals surface area contributed by atoms with Crippen molar-refractivity contribution in [1.29, 1.82) is 0 Å². The van der Waals surface area contributed by atoms with Crippen molar-refractivity contribution in [2.45, 2.75) is 57.9 Å². The minimum absolute atomic E-state index is 0.148. The highest BCUT2D eigenvalue weighted by atomic mass is 16.2. The first-order valence-electron chi connectivity index (χ1n) is 11.3. The van der Waals surface area contributed by atoms with Crippen LogP contribution in [0.15, 0.2) is 35.3 Å². The van der Waals surface area contributed by atoms with Crippen LogP contribution in [0.3, 0.4) is 0 Å². The molecular formula is C25H31N3O3. The number of carbonyl (C=O) groups is 2. The Morgan fingerprint density at radius 1 is 1.16 bits per heavy atom. The van der Waals surface area contributed by atoms with Crippen LogP contribution in [-0.2, 0) is 31.2 Å². The topological polar surface area (TPSA) is 71.4 Å². The normalized spacial score (nSPS) is 17.2. The van der Waals surface area contributed by atoms with E-state index in [-0.39, 0.29) is 28.9 Å². The largest absolute Gasteiger partial charge is 0.352 e. The third kappa shape index (κ3) is 4.29. The van der Waals surface area contributed by atoms with Crippen LogP contribution in [0.5, 0.6) is 0 Å². The first kappa shape index (κ1) is 21.3. The molecule has 6 heteroatoms. The molecule has 2 heterocycles. The number of pyridine rings is 1. The number of carbonyl (C=O) groups excluding carboxylic acids is 2. The molecule has 4 rings (SSSR count). The number of aromatic nitrogens is 1. The van der Waals surface area contributed by atoms with Gasteiger partial charge in [-0.3, -0.25) is 14.4 Å². The van der Waals surface area contributed by atoms with Crippen molar-refractivity contribution in [1.82, 2.24) is 14.8 Å². The van der Waals surface area contributed by atoms with E-state index in [1.54, 1.807) is 13.2 Å². The van der Waals surface area contributed by atoms with Gasteiger partial charge < -0.3 is 14.8 Å². The second kappa shape index (κ2) is 9.08. The van der Waals surface area contributed by atoms with E-state index in [2.05, 4.69) is 30.4 Å². The quantitative estimate of drug-likeness (QED) is 0.729. The lowest BCUT2D eigenvalue weighted by molar-refractivity contribution is -0.132. The average molecular weight is 422 g/mol. The number of amides is 2. The minimum Gasteiger partial charge on any atom is -0.352 e. The Morgan fingerprint density at radius 2 is 1.97 bits per heavy atom. The molecule has 6 nitrogen and oxygen atoms in total. The Bertz CT molecular complexity index is 1060. The monoisotopic (exact) mass is 421 g/mol. The highest BCUT2D eigenvalue weighted by Crippen LogP contribution is 2.36. The molecule has 0 saturated heterocycles. The van der Waals surface area contributed by atoms with Crippen molar-refractivity contribution < 1.29 is 9.59 Å². The van der Waals surface area contributed by atoms with Crippen LogP contribution in [0.4, 0.5) is 0 Å². The fraction of sp³-hybridized carbons (Fsp3) is 0.480. The number of hydrogen-bond acceptors (Lipinski definition) is 3. The lowest BCUT2D eigenvalue weighted by atomic mass is 9.94. The molecule has 1 unspecified atom stereocenters. The molecule has 1 aliphatic heterocycles. The van der Waals surface area contributed by atoms with Crippen LogP contribution < -0.4 is 10.9 Å². The minimum atomic E-state index is -0.298. The number of unbranched alkanes of at least 4 members (excludes halogenated alkanes) is 1. The summed E-state index contributed by atoms with van der Waals surface area (Å²) < 4.78 is 1.47. The number of aryl methyl sites for hydroxylation is 2. The molecule has 0 radical (unpaired) electrons. The molecule has 2 aliphatic rings. The van der Waals surface area contributed by atoms with Gasteiger partial charge in [0.25, 0.3) is 11.5 Å². The van der Waals surface area contributed by atoms with E-state index < -0.39 is 0 Å². The molecule has 0 fully saturated rings. The number of hydrogen-bond donors (Lipinski definition) is 1. The zero-order valence-corrected chi connectivity index (χ0v) is 18.4. The Kier molecular flexibility index (Phi) is 6.25. The summed E-state index contributed by atoms with van der Waals surface area (Å²) in [5.41, 5.74) is 4.34. The molecule has 2 aromatic rings. The number of fused-ring (bicyclic) bond motifs is 2. The summed E-state index contributed by atoms with van der Waals surface area (Å²) in [5.74, 6) is 0.133. The molecule has 1 atom stereocenters. The van der Waals surface area contributed by atoms with E-state index in [4.69, 9.17) is 0 Å². The van der Waals surface area contributed by atoms with Crippen LogP contribution in [0.2, 0.25) is 0 Å². The Morgan fingerprint density at radius 3 is 2.77 bits per heavy atom. The molecule has 0 spiro atoms. The second-order valence-electron chi connectivity index (χ2n) is 8.74. The highest BCUT2D eigenvalue weighted by Gasteiger charge is 2.30. The fourth-order valence-electron chi connectivity index (χ4n) is 4.90. The molecule has 0 saturated carbocycles. The van der Waals surface area contributed by atoms with Crippen LogP contribution in [0, 0.1) is 0 Å². The first-order valence-corrected chi connectivity index (χ1v) is 11.3. The van der Waals surface area contributed by atoms with Gasteiger partial charge in [-0.15, -0.1) is 0 Å². The van der Waals surface area contributed by atoms with Crippen molar-refractivity contribution in [2.75, 3.05) is 13.1 Å². The average Bonchev–Trinajstić information content (AvgIpc) is 3.17. The SMILES string of the molecule is CCCCNC(=O)c1c2c(cn(C)c1=O)CN(C(=O)CC1CCc3ccccc31)CC2. The van der Waals surface area contributed by atoms with Gasteiger partial charge in [0, 0.05) is 39.3 Å². The zero-order chi connectivity index (χ0) is 22.0. The molecular weight excluding hydrogens is 390 g/mol. The van der Waals surface area contributed by atoms with Gasteiger partial charge in [-0.2, -0.15) is 0 Å². The summed E-state index contributed by atoms with van der Waals surface area (Å²) in [6.45, 7) is 3.62. The van der Waals surface area contributed by atoms with Crippen molar-refractivity contribution >= 4 is 11.8 Å². The molecule has 0 bridgehead atoms. The summed E-state index contributed by atoms with van der Waals surface area (Å²) in [6.07, 6.45) is 6.76.